The SMILES string of the molecule is CN1CCCc2cccc(OCC(=O)N(C)[C@H](CN3CCC(O)C3)c3ccccc3)c21. The number of ether oxygens (including phenoxy) is 1. The molecule has 2 heterocycles. The normalized spacial score (nSPS) is 19.7. The average molecular weight is 424 g/mol. The molecule has 0 saturated carbocycles. The lowest BCUT2D eigenvalue weighted by Crippen LogP contribution is -2.41. The summed E-state index contributed by atoms with van der Waals surface area (Å²) >= 11 is 0. The summed E-state index contributed by atoms with van der Waals surface area (Å²) < 4.78 is 6.04. The van der Waals surface area contributed by atoms with Crippen molar-refractivity contribution in [1.82, 2.24) is 9.80 Å². The number of fused-ring (bicyclic) bond motifs is 1. The van der Waals surface area contributed by atoms with E-state index in [1.54, 1.807) is 4.90 Å². The molecule has 1 amide bonds. The number of nitrogens with zero attached hydrogens (tertiary/aromatic N) is 3. The second kappa shape index (κ2) is 9.71. The van der Waals surface area contributed by atoms with Crippen molar-refractivity contribution in [2.75, 3.05) is 51.8 Å². The molecule has 0 bridgehead atoms. The molecule has 31 heavy (non-hydrogen) atoms. The minimum atomic E-state index is -0.276. The van der Waals surface area contributed by atoms with Gasteiger partial charge in [-0.3, -0.25) is 9.69 Å². The second-order valence-corrected chi connectivity index (χ2v) is 8.71. The summed E-state index contributed by atoms with van der Waals surface area (Å²) in [7, 11) is 3.93. The van der Waals surface area contributed by atoms with Crippen LogP contribution in [0.4, 0.5) is 5.69 Å². The van der Waals surface area contributed by atoms with Crippen LogP contribution in [0.25, 0.3) is 0 Å². The molecule has 2 aromatic rings. The molecule has 2 aliphatic heterocycles. The van der Waals surface area contributed by atoms with Crippen LogP contribution in [0.15, 0.2) is 48.5 Å². The molecule has 2 aliphatic rings. The molecule has 1 unspecified atom stereocenters. The third kappa shape index (κ3) is 5.02. The van der Waals surface area contributed by atoms with Gasteiger partial charge in [-0.1, -0.05) is 42.5 Å². The molecule has 1 saturated heterocycles. The van der Waals surface area contributed by atoms with Gasteiger partial charge in [0.05, 0.1) is 17.8 Å². The fourth-order valence-electron chi connectivity index (χ4n) is 4.70. The predicted molar refractivity (Wildman–Crippen MR) is 123 cm³/mol. The molecular weight excluding hydrogens is 390 g/mol. The molecule has 0 aliphatic carbocycles. The highest BCUT2D eigenvalue weighted by Crippen LogP contribution is 2.35. The Labute approximate surface area is 185 Å². The van der Waals surface area contributed by atoms with Gasteiger partial charge in [-0.15, -0.1) is 0 Å². The van der Waals surface area contributed by atoms with Gasteiger partial charge in [0.25, 0.3) is 5.91 Å². The topological polar surface area (TPSA) is 56.2 Å². The van der Waals surface area contributed by atoms with E-state index < -0.39 is 0 Å². The zero-order chi connectivity index (χ0) is 21.8. The Hall–Kier alpha value is -2.57. The van der Waals surface area contributed by atoms with Crippen LogP contribution in [-0.2, 0) is 11.2 Å². The second-order valence-electron chi connectivity index (χ2n) is 8.71. The van der Waals surface area contributed by atoms with Gasteiger partial charge in [-0.2, -0.15) is 0 Å². The Balaban J connectivity index is 1.46. The zero-order valence-corrected chi connectivity index (χ0v) is 18.5. The van der Waals surface area contributed by atoms with E-state index in [0.717, 1.165) is 49.4 Å². The van der Waals surface area contributed by atoms with Crippen molar-refractivity contribution in [2.45, 2.75) is 31.4 Å². The monoisotopic (exact) mass is 423 g/mol. The third-order valence-electron chi connectivity index (χ3n) is 6.48. The van der Waals surface area contributed by atoms with Gasteiger partial charge in [0, 0.05) is 40.3 Å². The van der Waals surface area contributed by atoms with E-state index >= 15 is 0 Å². The fraction of sp³-hybridized carbons (Fsp3) is 0.480. The number of rotatable bonds is 7. The number of hydrogen-bond donors (Lipinski definition) is 1. The van der Waals surface area contributed by atoms with Gasteiger partial charge in [-0.25, -0.2) is 0 Å². The quantitative estimate of drug-likeness (QED) is 0.742. The Bertz CT molecular complexity index is 889. The highest BCUT2D eigenvalue weighted by Gasteiger charge is 2.28. The van der Waals surface area contributed by atoms with Crippen molar-refractivity contribution in [1.29, 1.82) is 0 Å². The van der Waals surface area contributed by atoms with Crippen molar-refractivity contribution < 1.29 is 14.6 Å². The van der Waals surface area contributed by atoms with E-state index in [2.05, 4.69) is 35.0 Å². The van der Waals surface area contributed by atoms with Gasteiger partial charge < -0.3 is 19.6 Å². The average Bonchev–Trinajstić information content (AvgIpc) is 3.20. The van der Waals surface area contributed by atoms with Crippen molar-refractivity contribution in [3.05, 3.63) is 59.7 Å². The largest absolute Gasteiger partial charge is 0.482 e. The Morgan fingerprint density at radius 3 is 2.74 bits per heavy atom. The summed E-state index contributed by atoms with van der Waals surface area (Å²) in [5.74, 6) is 0.727. The van der Waals surface area contributed by atoms with Gasteiger partial charge in [0.2, 0.25) is 0 Å². The Morgan fingerprint density at radius 1 is 1.19 bits per heavy atom. The summed E-state index contributed by atoms with van der Waals surface area (Å²) in [4.78, 5) is 19.4. The number of hydrogen-bond acceptors (Lipinski definition) is 5. The van der Waals surface area contributed by atoms with E-state index in [9.17, 15) is 9.90 Å². The van der Waals surface area contributed by atoms with Crippen LogP contribution in [0.3, 0.4) is 0 Å². The van der Waals surface area contributed by atoms with Crippen molar-refractivity contribution in [3.63, 3.8) is 0 Å². The number of likely N-dealkylation sites (tertiary alicyclic amines) is 1. The molecule has 0 aromatic heterocycles. The number of aliphatic hydroxyl groups excluding tert-OH is 1. The number of amides is 1. The number of β-amino-alcohol motifs (C(OH)–C–C–N with tert-alkyl or cyclic N) is 1. The third-order valence-corrected chi connectivity index (χ3v) is 6.48. The number of aryl methyl sites for hydroxylation is 1. The molecule has 166 valence electrons. The number of aliphatic hydroxyl groups is 1. The van der Waals surface area contributed by atoms with Gasteiger partial charge in [-0.05, 0) is 36.5 Å². The summed E-state index contributed by atoms with van der Waals surface area (Å²) in [5.41, 5.74) is 3.48. The summed E-state index contributed by atoms with van der Waals surface area (Å²) in [6, 6.07) is 16.1. The number of carbonyl (C=O) groups is 1. The van der Waals surface area contributed by atoms with Crippen LogP contribution in [0.2, 0.25) is 0 Å². The molecule has 4 rings (SSSR count). The first kappa shape index (κ1) is 21.7. The molecule has 2 atom stereocenters. The van der Waals surface area contributed by atoms with Crippen molar-refractivity contribution in [3.8, 4) is 5.75 Å². The van der Waals surface area contributed by atoms with Crippen LogP contribution in [0.1, 0.15) is 30.0 Å². The van der Waals surface area contributed by atoms with Gasteiger partial charge >= 0.3 is 0 Å². The first-order valence-electron chi connectivity index (χ1n) is 11.2. The van der Waals surface area contributed by atoms with Crippen LogP contribution in [-0.4, -0.2) is 73.8 Å². The maximum absolute atomic E-state index is 13.1. The lowest BCUT2D eigenvalue weighted by Gasteiger charge is -2.32. The standard InChI is InChI=1S/C25H33N3O3/c1-26-14-7-11-20-10-6-12-23(25(20)26)31-18-24(30)27(2)22(19-8-4-3-5-9-19)17-28-15-13-21(29)16-28/h3-6,8-10,12,21-22,29H,7,11,13-18H2,1-2H3/t21?,22-/m1/s1. The highest BCUT2D eigenvalue weighted by molar-refractivity contribution is 5.78. The molecule has 2 aromatic carbocycles. The van der Waals surface area contributed by atoms with E-state index in [1.807, 2.05) is 37.4 Å². The molecule has 1 fully saturated rings. The number of benzene rings is 2. The van der Waals surface area contributed by atoms with Gasteiger partial charge in [0.15, 0.2) is 6.61 Å². The molecule has 1 N–H and O–H groups in total. The maximum atomic E-state index is 13.1. The molecular formula is C25H33N3O3. The van der Waals surface area contributed by atoms with Gasteiger partial charge in [0.1, 0.15) is 5.75 Å². The summed E-state index contributed by atoms with van der Waals surface area (Å²) in [5, 5.41) is 9.91. The van der Waals surface area contributed by atoms with E-state index in [1.165, 1.54) is 5.56 Å². The van der Waals surface area contributed by atoms with Crippen LogP contribution in [0.5, 0.6) is 5.75 Å². The fourth-order valence-corrected chi connectivity index (χ4v) is 4.70. The molecule has 0 radical (unpaired) electrons. The molecule has 0 spiro atoms. The minimum absolute atomic E-state index is 0.00670. The summed E-state index contributed by atoms with van der Waals surface area (Å²) in [6.07, 6.45) is 2.69. The van der Waals surface area contributed by atoms with Crippen LogP contribution < -0.4 is 9.64 Å². The van der Waals surface area contributed by atoms with Crippen molar-refractivity contribution >= 4 is 11.6 Å². The lowest BCUT2D eigenvalue weighted by atomic mass is 10.0. The summed E-state index contributed by atoms with van der Waals surface area (Å²) in [6.45, 7) is 3.22. The van der Waals surface area contributed by atoms with Crippen LogP contribution >= 0.6 is 0 Å². The Morgan fingerprint density at radius 2 is 2.00 bits per heavy atom. The number of anilines is 1. The van der Waals surface area contributed by atoms with Crippen molar-refractivity contribution in [2.24, 2.45) is 0 Å². The Kier molecular flexibility index (Phi) is 6.78. The number of carbonyl (C=O) groups excluding carboxylic acids is 1. The first-order chi connectivity index (χ1) is 15.0. The maximum Gasteiger partial charge on any atom is 0.260 e. The highest BCUT2D eigenvalue weighted by atomic mass is 16.5. The number of likely N-dealkylation sites (N-methyl/N-ethyl adjacent to an activating group) is 1. The van der Waals surface area contributed by atoms with E-state index in [0.29, 0.717) is 13.1 Å². The van der Waals surface area contributed by atoms with E-state index in [4.69, 9.17) is 4.74 Å². The number of para-hydroxylation sites is 1. The molecule has 6 heteroatoms. The lowest BCUT2D eigenvalue weighted by molar-refractivity contribution is -0.134. The smallest absolute Gasteiger partial charge is 0.260 e. The van der Waals surface area contributed by atoms with E-state index in [-0.39, 0.29) is 24.7 Å². The first-order valence-corrected chi connectivity index (χ1v) is 11.2. The predicted octanol–water partition coefficient (Wildman–Crippen LogP) is 2.71. The zero-order valence-electron chi connectivity index (χ0n) is 18.5. The van der Waals surface area contributed by atoms with Crippen LogP contribution in [0, 0.1) is 0 Å². The minimum Gasteiger partial charge on any atom is -0.482 e. The molecule has 6 nitrogen and oxygen atoms in total.